The van der Waals surface area contributed by atoms with Gasteiger partial charge in [0.25, 0.3) is 5.91 Å². The van der Waals surface area contributed by atoms with E-state index in [0.717, 1.165) is 0 Å². The van der Waals surface area contributed by atoms with E-state index in [1.54, 1.807) is 4.40 Å². The Hall–Kier alpha value is -2.31. The van der Waals surface area contributed by atoms with Crippen LogP contribution in [0.2, 0.25) is 10.0 Å². The van der Waals surface area contributed by atoms with Crippen LogP contribution in [0.4, 0.5) is 0 Å². The van der Waals surface area contributed by atoms with Crippen LogP contribution in [0.3, 0.4) is 0 Å². The third-order valence-corrected chi connectivity index (χ3v) is 3.82. The van der Waals surface area contributed by atoms with E-state index in [0.29, 0.717) is 22.8 Å². The maximum absolute atomic E-state index is 12.3. The van der Waals surface area contributed by atoms with Crippen LogP contribution in [0.25, 0.3) is 5.65 Å². The molecule has 0 radical (unpaired) electrons. The number of aromatic nitrogens is 3. The minimum atomic E-state index is -0.316. The summed E-state index contributed by atoms with van der Waals surface area (Å²) in [6.07, 6.45) is 1.83. The Labute approximate surface area is 142 Å². The van der Waals surface area contributed by atoms with E-state index >= 15 is 0 Å². The molecule has 6 nitrogen and oxygen atoms in total. The predicted molar refractivity (Wildman–Crippen MR) is 87.2 cm³/mol. The molecule has 0 aliphatic carbocycles. The number of amides is 1. The first-order valence-corrected chi connectivity index (χ1v) is 7.45. The molecule has 0 saturated heterocycles. The lowest BCUT2D eigenvalue weighted by Gasteiger charge is -2.09. The van der Waals surface area contributed by atoms with Crippen molar-refractivity contribution >= 4 is 34.8 Å². The average Bonchev–Trinajstić information content (AvgIpc) is 2.95. The van der Waals surface area contributed by atoms with Crippen molar-refractivity contribution in [3.63, 3.8) is 0 Å². The van der Waals surface area contributed by atoms with Crippen molar-refractivity contribution in [2.24, 2.45) is 0 Å². The SMILES string of the molecule is COc1c(Cl)cc(C(=O)NCc2nnc3ccccn23)cc1Cl. The largest absolute Gasteiger partial charge is 0.494 e. The topological polar surface area (TPSA) is 68.5 Å². The van der Waals surface area contributed by atoms with Crippen molar-refractivity contribution in [2.75, 3.05) is 7.11 Å². The standard InChI is InChI=1S/C15H12Cl2N4O2/c1-23-14-10(16)6-9(7-11(14)17)15(22)18-8-13-20-19-12-4-2-3-5-21(12)13/h2-7H,8H2,1H3,(H,18,22). The molecule has 2 heterocycles. The maximum atomic E-state index is 12.3. The molecule has 0 aliphatic rings. The lowest BCUT2D eigenvalue weighted by atomic mass is 10.2. The van der Waals surface area contributed by atoms with Crippen molar-refractivity contribution in [3.8, 4) is 5.75 Å². The molecule has 23 heavy (non-hydrogen) atoms. The number of carbonyl (C=O) groups is 1. The minimum absolute atomic E-state index is 0.227. The van der Waals surface area contributed by atoms with Crippen molar-refractivity contribution in [1.29, 1.82) is 0 Å². The van der Waals surface area contributed by atoms with Crippen molar-refractivity contribution in [1.82, 2.24) is 19.9 Å². The lowest BCUT2D eigenvalue weighted by molar-refractivity contribution is 0.0949. The zero-order valence-corrected chi connectivity index (χ0v) is 13.6. The van der Waals surface area contributed by atoms with E-state index in [1.807, 2.05) is 24.4 Å². The Balaban J connectivity index is 1.77. The number of rotatable bonds is 4. The van der Waals surface area contributed by atoms with Crippen LogP contribution in [0, 0.1) is 0 Å². The van der Waals surface area contributed by atoms with E-state index in [2.05, 4.69) is 15.5 Å². The van der Waals surface area contributed by atoms with E-state index < -0.39 is 0 Å². The number of pyridine rings is 1. The van der Waals surface area contributed by atoms with Crippen LogP contribution in [0.1, 0.15) is 16.2 Å². The number of carbonyl (C=O) groups excluding carboxylic acids is 1. The molecule has 0 bridgehead atoms. The van der Waals surface area contributed by atoms with Crippen LogP contribution in [-0.2, 0) is 6.54 Å². The number of methoxy groups -OCH3 is 1. The van der Waals surface area contributed by atoms with Gasteiger partial charge in [-0.3, -0.25) is 9.20 Å². The van der Waals surface area contributed by atoms with Gasteiger partial charge in [-0.05, 0) is 24.3 Å². The van der Waals surface area contributed by atoms with Gasteiger partial charge in [0.15, 0.2) is 17.2 Å². The average molecular weight is 351 g/mol. The highest BCUT2D eigenvalue weighted by Crippen LogP contribution is 2.33. The number of nitrogens with zero attached hydrogens (tertiary/aromatic N) is 3. The number of nitrogens with one attached hydrogen (secondary N) is 1. The number of hydrogen-bond donors (Lipinski definition) is 1. The summed E-state index contributed by atoms with van der Waals surface area (Å²) in [7, 11) is 1.46. The quantitative estimate of drug-likeness (QED) is 0.785. The second kappa shape index (κ2) is 6.44. The molecule has 0 unspecified atom stereocenters. The van der Waals surface area contributed by atoms with Crippen LogP contribution >= 0.6 is 23.2 Å². The van der Waals surface area contributed by atoms with Crippen molar-refractivity contribution < 1.29 is 9.53 Å². The molecule has 1 aromatic carbocycles. The summed E-state index contributed by atoms with van der Waals surface area (Å²) in [6, 6.07) is 8.58. The molecule has 0 aliphatic heterocycles. The van der Waals surface area contributed by atoms with Gasteiger partial charge in [-0.15, -0.1) is 10.2 Å². The van der Waals surface area contributed by atoms with Crippen LogP contribution in [-0.4, -0.2) is 27.6 Å². The highest BCUT2D eigenvalue weighted by molar-refractivity contribution is 6.37. The van der Waals surface area contributed by atoms with E-state index in [9.17, 15) is 4.79 Å². The summed E-state index contributed by atoms with van der Waals surface area (Å²) in [5.41, 5.74) is 1.06. The second-order valence-electron chi connectivity index (χ2n) is 4.70. The van der Waals surface area contributed by atoms with Gasteiger partial charge in [0, 0.05) is 11.8 Å². The summed E-state index contributed by atoms with van der Waals surface area (Å²) in [5.74, 6) is 0.650. The number of halogens is 2. The summed E-state index contributed by atoms with van der Waals surface area (Å²) in [4.78, 5) is 12.3. The predicted octanol–water partition coefficient (Wildman–Crippen LogP) is 2.97. The van der Waals surface area contributed by atoms with Gasteiger partial charge in [-0.25, -0.2) is 0 Å². The molecular formula is C15H12Cl2N4O2. The second-order valence-corrected chi connectivity index (χ2v) is 5.52. The molecule has 0 saturated carbocycles. The first-order chi connectivity index (χ1) is 11.1. The van der Waals surface area contributed by atoms with Crippen molar-refractivity contribution in [2.45, 2.75) is 6.54 Å². The highest BCUT2D eigenvalue weighted by Gasteiger charge is 2.14. The van der Waals surface area contributed by atoms with Crippen LogP contribution in [0.15, 0.2) is 36.5 Å². The third-order valence-electron chi connectivity index (χ3n) is 3.26. The summed E-state index contributed by atoms with van der Waals surface area (Å²) >= 11 is 12.1. The van der Waals surface area contributed by atoms with Gasteiger partial charge >= 0.3 is 0 Å². The Morgan fingerprint density at radius 1 is 1.26 bits per heavy atom. The normalized spacial score (nSPS) is 10.7. The van der Waals surface area contributed by atoms with Gasteiger partial charge in [0.2, 0.25) is 0 Å². The molecule has 2 aromatic heterocycles. The zero-order valence-electron chi connectivity index (χ0n) is 12.1. The fraction of sp³-hybridized carbons (Fsp3) is 0.133. The molecule has 0 fully saturated rings. The molecule has 1 amide bonds. The van der Waals surface area contributed by atoms with E-state index in [-0.39, 0.29) is 22.5 Å². The van der Waals surface area contributed by atoms with Crippen molar-refractivity contribution in [3.05, 3.63) is 58.0 Å². The molecular weight excluding hydrogens is 339 g/mol. The van der Waals surface area contributed by atoms with Gasteiger partial charge in [0.1, 0.15) is 0 Å². The molecule has 3 aromatic rings. The van der Waals surface area contributed by atoms with Gasteiger partial charge < -0.3 is 10.1 Å². The number of benzene rings is 1. The first kappa shape index (κ1) is 15.6. The molecule has 118 valence electrons. The molecule has 3 rings (SSSR count). The molecule has 0 atom stereocenters. The van der Waals surface area contributed by atoms with E-state index in [1.165, 1.54) is 19.2 Å². The number of ether oxygens (including phenoxy) is 1. The lowest BCUT2D eigenvalue weighted by Crippen LogP contribution is -2.24. The summed E-state index contributed by atoms with van der Waals surface area (Å²) < 4.78 is 6.86. The highest BCUT2D eigenvalue weighted by atomic mass is 35.5. The van der Waals surface area contributed by atoms with Crippen LogP contribution in [0.5, 0.6) is 5.75 Å². The Morgan fingerprint density at radius 3 is 2.70 bits per heavy atom. The van der Waals surface area contributed by atoms with Gasteiger partial charge in [-0.2, -0.15) is 0 Å². The van der Waals surface area contributed by atoms with E-state index in [4.69, 9.17) is 27.9 Å². The fourth-order valence-electron chi connectivity index (χ4n) is 2.16. The number of hydrogen-bond acceptors (Lipinski definition) is 4. The number of fused-ring (bicyclic) bond motifs is 1. The Morgan fingerprint density at radius 2 is 2.00 bits per heavy atom. The zero-order chi connectivity index (χ0) is 16.4. The first-order valence-electron chi connectivity index (χ1n) is 6.70. The van der Waals surface area contributed by atoms with Gasteiger partial charge in [0.05, 0.1) is 23.7 Å². The van der Waals surface area contributed by atoms with Crippen LogP contribution < -0.4 is 10.1 Å². The maximum Gasteiger partial charge on any atom is 0.251 e. The molecule has 0 spiro atoms. The minimum Gasteiger partial charge on any atom is -0.494 e. The Bertz CT molecular complexity index is 856. The Kier molecular flexibility index (Phi) is 4.36. The third kappa shape index (κ3) is 3.09. The molecule has 8 heteroatoms. The molecule has 1 N–H and O–H groups in total. The monoisotopic (exact) mass is 350 g/mol. The smallest absolute Gasteiger partial charge is 0.251 e. The fourth-order valence-corrected chi connectivity index (χ4v) is 2.80. The summed E-state index contributed by atoms with van der Waals surface area (Å²) in [6.45, 7) is 0.227. The summed E-state index contributed by atoms with van der Waals surface area (Å²) in [5, 5.41) is 11.4. The van der Waals surface area contributed by atoms with Gasteiger partial charge in [-0.1, -0.05) is 29.3 Å².